The van der Waals surface area contributed by atoms with Gasteiger partial charge in [0.15, 0.2) is 0 Å². The standard InChI is InChI=1S/C19H18N2O2S/c22-17-12-24-16-8-7-14(11-15(16)21-17)20-18(23)19(9-4-10-19)13-5-2-1-3-6-13/h1-3,5-8,11H,4,9-10,12H2,(H,20,23)(H,21,22). The predicted molar refractivity (Wildman–Crippen MR) is 96.4 cm³/mol. The Kier molecular flexibility index (Phi) is 3.81. The van der Waals surface area contributed by atoms with Crippen LogP contribution in [0.1, 0.15) is 24.8 Å². The van der Waals surface area contributed by atoms with Crippen molar-refractivity contribution in [2.24, 2.45) is 0 Å². The Morgan fingerprint density at radius 1 is 1.12 bits per heavy atom. The van der Waals surface area contributed by atoms with E-state index in [2.05, 4.69) is 10.6 Å². The summed E-state index contributed by atoms with van der Waals surface area (Å²) in [5, 5.41) is 5.91. The Labute approximate surface area is 145 Å². The van der Waals surface area contributed by atoms with Crippen LogP contribution in [0.4, 0.5) is 11.4 Å². The normalized spacial score (nSPS) is 18.1. The van der Waals surface area contributed by atoms with Crippen molar-refractivity contribution in [3.05, 3.63) is 54.1 Å². The van der Waals surface area contributed by atoms with Crippen LogP contribution in [-0.4, -0.2) is 17.6 Å². The first-order valence-electron chi connectivity index (χ1n) is 8.11. The second-order valence-corrected chi connectivity index (χ2v) is 7.32. The van der Waals surface area contributed by atoms with Crippen molar-refractivity contribution in [2.75, 3.05) is 16.4 Å². The maximum Gasteiger partial charge on any atom is 0.235 e. The van der Waals surface area contributed by atoms with E-state index in [-0.39, 0.29) is 11.8 Å². The molecule has 0 spiro atoms. The van der Waals surface area contributed by atoms with Gasteiger partial charge in [-0.2, -0.15) is 0 Å². The zero-order valence-electron chi connectivity index (χ0n) is 13.2. The molecule has 1 fully saturated rings. The topological polar surface area (TPSA) is 58.2 Å². The second kappa shape index (κ2) is 5.98. The third-order valence-corrected chi connectivity index (χ3v) is 5.91. The van der Waals surface area contributed by atoms with Gasteiger partial charge >= 0.3 is 0 Å². The first-order chi connectivity index (χ1) is 11.7. The summed E-state index contributed by atoms with van der Waals surface area (Å²) in [6, 6.07) is 15.7. The van der Waals surface area contributed by atoms with Crippen LogP contribution in [0.3, 0.4) is 0 Å². The number of amides is 2. The van der Waals surface area contributed by atoms with E-state index in [1.165, 1.54) is 11.8 Å². The van der Waals surface area contributed by atoms with Gasteiger partial charge in [0.1, 0.15) is 0 Å². The fraction of sp³-hybridized carbons (Fsp3) is 0.263. The second-order valence-electron chi connectivity index (χ2n) is 6.30. The van der Waals surface area contributed by atoms with Crippen LogP contribution in [-0.2, 0) is 15.0 Å². The molecular formula is C19H18N2O2S. The molecule has 2 aromatic rings. The van der Waals surface area contributed by atoms with Crippen molar-refractivity contribution >= 4 is 35.0 Å². The SMILES string of the molecule is O=C1CSc2ccc(NC(=O)C3(c4ccccc4)CCC3)cc2N1. The number of benzene rings is 2. The number of carbonyl (C=O) groups is 2. The lowest BCUT2D eigenvalue weighted by atomic mass is 9.64. The summed E-state index contributed by atoms with van der Waals surface area (Å²) in [7, 11) is 0. The van der Waals surface area contributed by atoms with Crippen molar-refractivity contribution in [3.63, 3.8) is 0 Å². The summed E-state index contributed by atoms with van der Waals surface area (Å²) in [6.45, 7) is 0. The molecule has 2 N–H and O–H groups in total. The van der Waals surface area contributed by atoms with Crippen LogP contribution >= 0.6 is 11.8 Å². The Morgan fingerprint density at radius 3 is 2.62 bits per heavy atom. The first-order valence-corrected chi connectivity index (χ1v) is 9.10. The number of hydrogen-bond donors (Lipinski definition) is 2. The van der Waals surface area contributed by atoms with E-state index >= 15 is 0 Å². The highest BCUT2D eigenvalue weighted by Gasteiger charge is 2.45. The van der Waals surface area contributed by atoms with Crippen LogP contribution in [0.2, 0.25) is 0 Å². The minimum atomic E-state index is -0.421. The molecule has 2 aromatic carbocycles. The van der Waals surface area contributed by atoms with Gasteiger partial charge in [-0.15, -0.1) is 11.8 Å². The van der Waals surface area contributed by atoms with E-state index in [0.717, 1.165) is 41.1 Å². The Morgan fingerprint density at radius 2 is 1.92 bits per heavy atom. The van der Waals surface area contributed by atoms with Crippen LogP contribution in [0, 0.1) is 0 Å². The number of nitrogens with one attached hydrogen (secondary N) is 2. The number of rotatable bonds is 3. The molecule has 0 atom stereocenters. The van der Waals surface area contributed by atoms with Gasteiger partial charge in [-0.05, 0) is 36.6 Å². The summed E-state index contributed by atoms with van der Waals surface area (Å²) in [6.07, 6.45) is 2.82. The predicted octanol–water partition coefficient (Wildman–Crippen LogP) is 3.79. The zero-order chi connectivity index (χ0) is 16.6. The molecule has 1 aliphatic heterocycles. The average molecular weight is 338 g/mol. The molecule has 24 heavy (non-hydrogen) atoms. The first kappa shape index (κ1) is 15.3. The molecule has 2 aliphatic rings. The van der Waals surface area contributed by atoms with E-state index < -0.39 is 5.41 Å². The van der Waals surface area contributed by atoms with Crippen LogP contribution in [0.5, 0.6) is 0 Å². The molecule has 0 aromatic heterocycles. The molecule has 1 heterocycles. The molecule has 0 saturated heterocycles. The highest BCUT2D eigenvalue weighted by Crippen LogP contribution is 2.44. The quantitative estimate of drug-likeness (QED) is 0.895. The van der Waals surface area contributed by atoms with Crippen molar-refractivity contribution < 1.29 is 9.59 Å². The fourth-order valence-electron chi connectivity index (χ4n) is 3.35. The Bertz CT molecular complexity index is 800. The minimum Gasteiger partial charge on any atom is -0.325 e. The summed E-state index contributed by atoms with van der Waals surface area (Å²) < 4.78 is 0. The average Bonchev–Trinajstić information content (AvgIpc) is 2.54. The summed E-state index contributed by atoms with van der Waals surface area (Å²) in [5.74, 6) is 0.473. The van der Waals surface area contributed by atoms with Crippen molar-refractivity contribution in [2.45, 2.75) is 29.6 Å². The molecule has 4 nitrogen and oxygen atoms in total. The zero-order valence-corrected chi connectivity index (χ0v) is 14.0. The Balaban J connectivity index is 1.58. The van der Waals surface area contributed by atoms with E-state index in [1.54, 1.807) is 0 Å². The van der Waals surface area contributed by atoms with Crippen molar-refractivity contribution in [3.8, 4) is 0 Å². The van der Waals surface area contributed by atoms with E-state index in [1.807, 2.05) is 48.5 Å². The molecule has 1 aliphatic carbocycles. The maximum atomic E-state index is 12.9. The monoisotopic (exact) mass is 338 g/mol. The molecule has 4 rings (SSSR count). The van der Waals surface area contributed by atoms with Crippen molar-refractivity contribution in [1.82, 2.24) is 0 Å². The van der Waals surface area contributed by atoms with Gasteiger partial charge in [-0.3, -0.25) is 9.59 Å². The lowest BCUT2D eigenvalue weighted by molar-refractivity contribution is -0.124. The number of anilines is 2. The van der Waals surface area contributed by atoms with Crippen molar-refractivity contribution in [1.29, 1.82) is 0 Å². The van der Waals surface area contributed by atoms with Gasteiger partial charge in [0.05, 0.1) is 16.9 Å². The summed E-state index contributed by atoms with van der Waals surface area (Å²) in [5.41, 5.74) is 2.16. The van der Waals surface area contributed by atoms with E-state index in [4.69, 9.17) is 0 Å². The summed E-state index contributed by atoms with van der Waals surface area (Å²) >= 11 is 1.52. The van der Waals surface area contributed by atoms with E-state index in [0.29, 0.717) is 5.75 Å². The Hall–Kier alpha value is -2.27. The molecule has 0 bridgehead atoms. The summed E-state index contributed by atoms with van der Waals surface area (Å²) in [4.78, 5) is 25.5. The molecule has 0 radical (unpaired) electrons. The molecule has 0 unspecified atom stereocenters. The van der Waals surface area contributed by atoms with Gasteiger partial charge in [0.25, 0.3) is 0 Å². The van der Waals surface area contributed by atoms with E-state index in [9.17, 15) is 9.59 Å². The van der Waals surface area contributed by atoms with Crippen LogP contribution < -0.4 is 10.6 Å². The number of hydrogen-bond acceptors (Lipinski definition) is 3. The van der Waals surface area contributed by atoms with Crippen LogP contribution in [0.15, 0.2) is 53.4 Å². The van der Waals surface area contributed by atoms with Gasteiger partial charge in [-0.25, -0.2) is 0 Å². The number of carbonyl (C=O) groups excluding carboxylic acids is 2. The molecule has 1 saturated carbocycles. The number of thioether (sulfide) groups is 1. The van der Waals surface area contributed by atoms with Gasteiger partial charge < -0.3 is 10.6 Å². The highest BCUT2D eigenvalue weighted by molar-refractivity contribution is 8.00. The van der Waals surface area contributed by atoms with Gasteiger partial charge in [0, 0.05) is 10.6 Å². The lowest BCUT2D eigenvalue weighted by Gasteiger charge is -2.40. The smallest absolute Gasteiger partial charge is 0.235 e. The molecule has 2 amide bonds. The largest absolute Gasteiger partial charge is 0.325 e. The third kappa shape index (κ3) is 2.59. The molecule has 122 valence electrons. The van der Waals surface area contributed by atoms with Gasteiger partial charge in [0.2, 0.25) is 11.8 Å². The molecular weight excluding hydrogens is 320 g/mol. The van der Waals surface area contributed by atoms with Gasteiger partial charge in [-0.1, -0.05) is 36.8 Å². The third-order valence-electron chi connectivity index (χ3n) is 4.84. The maximum absolute atomic E-state index is 12.9. The van der Waals surface area contributed by atoms with Crippen LogP contribution in [0.25, 0.3) is 0 Å². The lowest BCUT2D eigenvalue weighted by Crippen LogP contribution is -2.46. The minimum absolute atomic E-state index is 0.00396. The fourth-order valence-corrected chi connectivity index (χ4v) is 4.13. The number of fused-ring (bicyclic) bond motifs is 1. The molecule has 5 heteroatoms. The highest BCUT2D eigenvalue weighted by atomic mass is 32.2.